The molecule has 102 valence electrons. The van der Waals surface area contributed by atoms with Gasteiger partial charge in [0.1, 0.15) is 5.82 Å². The smallest absolute Gasteiger partial charge is 0.127 e. The van der Waals surface area contributed by atoms with Gasteiger partial charge >= 0.3 is 0 Å². The van der Waals surface area contributed by atoms with Crippen molar-refractivity contribution in [1.29, 1.82) is 5.26 Å². The fourth-order valence-electron chi connectivity index (χ4n) is 2.07. The molecule has 0 saturated carbocycles. The molecule has 0 aliphatic rings. The number of halogens is 1. The van der Waals surface area contributed by atoms with Crippen LogP contribution < -0.4 is 5.73 Å². The Morgan fingerprint density at radius 2 is 1.86 bits per heavy atom. The van der Waals surface area contributed by atoms with Crippen LogP contribution in [0.4, 0.5) is 5.82 Å². The van der Waals surface area contributed by atoms with Gasteiger partial charge in [-0.2, -0.15) is 10.4 Å². The Bertz CT molecular complexity index is 828. The maximum atomic E-state index is 8.83. The first-order chi connectivity index (χ1) is 10.2. The topological polar surface area (TPSA) is 67.6 Å². The minimum Gasteiger partial charge on any atom is -0.384 e. The van der Waals surface area contributed by atoms with Crippen molar-refractivity contribution in [3.63, 3.8) is 0 Å². The number of nitriles is 1. The van der Waals surface area contributed by atoms with Crippen molar-refractivity contribution in [1.82, 2.24) is 9.78 Å². The van der Waals surface area contributed by atoms with E-state index in [2.05, 4.69) is 27.1 Å². The number of nitrogen functional groups attached to an aromatic ring is 1. The molecule has 5 heteroatoms. The SMILES string of the molecule is N#Cc1ccc(-n2nc(-c3cccc(Br)c3)cc2N)cc1. The number of nitrogens with two attached hydrogens (primary N) is 1. The maximum Gasteiger partial charge on any atom is 0.127 e. The molecule has 2 aromatic carbocycles. The molecule has 0 spiro atoms. The summed E-state index contributed by atoms with van der Waals surface area (Å²) in [7, 11) is 0. The Balaban J connectivity index is 2.03. The minimum atomic E-state index is 0.551. The quantitative estimate of drug-likeness (QED) is 0.773. The summed E-state index contributed by atoms with van der Waals surface area (Å²) in [5, 5.41) is 13.4. The van der Waals surface area contributed by atoms with E-state index in [0.717, 1.165) is 21.4 Å². The summed E-state index contributed by atoms with van der Waals surface area (Å²) in [5.41, 5.74) is 9.27. The molecule has 0 radical (unpaired) electrons. The van der Waals surface area contributed by atoms with Crippen molar-refractivity contribution in [3.8, 4) is 23.0 Å². The summed E-state index contributed by atoms with van der Waals surface area (Å²) < 4.78 is 2.66. The molecule has 0 bridgehead atoms. The van der Waals surface area contributed by atoms with E-state index in [1.165, 1.54) is 0 Å². The lowest BCUT2D eigenvalue weighted by Crippen LogP contribution is -2.01. The highest BCUT2D eigenvalue weighted by molar-refractivity contribution is 9.10. The van der Waals surface area contributed by atoms with Gasteiger partial charge in [-0.25, -0.2) is 4.68 Å². The first-order valence-corrected chi connectivity index (χ1v) is 7.09. The van der Waals surface area contributed by atoms with E-state index in [1.54, 1.807) is 16.8 Å². The van der Waals surface area contributed by atoms with Crippen LogP contribution in [0.1, 0.15) is 5.56 Å². The summed E-state index contributed by atoms with van der Waals surface area (Å²) in [5.74, 6) is 0.551. The average molecular weight is 339 g/mol. The highest BCUT2D eigenvalue weighted by Gasteiger charge is 2.09. The van der Waals surface area contributed by atoms with Gasteiger partial charge in [-0.15, -0.1) is 0 Å². The summed E-state index contributed by atoms with van der Waals surface area (Å²) in [4.78, 5) is 0. The molecule has 0 aliphatic heterocycles. The fourth-order valence-corrected chi connectivity index (χ4v) is 2.47. The minimum absolute atomic E-state index is 0.551. The lowest BCUT2D eigenvalue weighted by atomic mass is 10.2. The zero-order chi connectivity index (χ0) is 14.8. The maximum absolute atomic E-state index is 8.83. The van der Waals surface area contributed by atoms with Crippen LogP contribution in [0.15, 0.2) is 59.1 Å². The van der Waals surface area contributed by atoms with E-state index in [-0.39, 0.29) is 0 Å². The predicted molar refractivity (Wildman–Crippen MR) is 85.8 cm³/mol. The van der Waals surface area contributed by atoms with E-state index in [1.807, 2.05) is 42.5 Å². The lowest BCUT2D eigenvalue weighted by Gasteiger charge is -2.03. The van der Waals surface area contributed by atoms with Gasteiger partial charge in [-0.3, -0.25) is 0 Å². The molecule has 0 fully saturated rings. The van der Waals surface area contributed by atoms with Crippen LogP contribution in [0.25, 0.3) is 16.9 Å². The van der Waals surface area contributed by atoms with Gasteiger partial charge in [0.05, 0.1) is 23.0 Å². The normalized spacial score (nSPS) is 10.3. The molecule has 1 heterocycles. The molecule has 0 unspecified atom stereocenters. The molecule has 1 aromatic heterocycles. The second kappa shape index (κ2) is 5.43. The number of hydrogen-bond donors (Lipinski definition) is 1. The zero-order valence-corrected chi connectivity index (χ0v) is 12.6. The van der Waals surface area contributed by atoms with Crippen molar-refractivity contribution >= 4 is 21.7 Å². The molecule has 3 rings (SSSR count). The van der Waals surface area contributed by atoms with Crippen molar-refractivity contribution in [2.45, 2.75) is 0 Å². The molecular formula is C16H11BrN4. The number of rotatable bonds is 2. The van der Waals surface area contributed by atoms with Gasteiger partial charge in [0.15, 0.2) is 0 Å². The van der Waals surface area contributed by atoms with Gasteiger partial charge in [0.2, 0.25) is 0 Å². The molecule has 0 amide bonds. The first-order valence-electron chi connectivity index (χ1n) is 6.29. The second-order valence-corrected chi connectivity index (χ2v) is 5.45. The van der Waals surface area contributed by atoms with E-state index in [0.29, 0.717) is 11.4 Å². The zero-order valence-electron chi connectivity index (χ0n) is 11.0. The summed E-state index contributed by atoms with van der Waals surface area (Å²) >= 11 is 3.45. The first kappa shape index (κ1) is 13.4. The van der Waals surface area contributed by atoms with Gasteiger partial charge in [0.25, 0.3) is 0 Å². The van der Waals surface area contributed by atoms with Gasteiger partial charge in [-0.05, 0) is 36.4 Å². The van der Waals surface area contributed by atoms with Crippen LogP contribution in [0.5, 0.6) is 0 Å². The number of hydrogen-bond acceptors (Lipinski definition) is 3. The summed E-state index contributed by atoms with van der Waals surface area (Å²) in [6.07, 6.45) is 0. The molecular weight excluding hydrogens is 328 g/mol. The number of anilines is 1. The van der Waals surface area contributed by atoms with Crippen molar-refractivity contribution in [3.05, 3.63) is 64.6 Å². The standard InChI is InChI=1S/C16H11BrN4/c17-13-3-1-2-12(8-13)15-9-16(19)21(20-15)14-6-4-11(10-18)5-7-14/h1-9H,19H2. The Morgan fingerprint density at radius 1 is 1.10 bits per heavy atom. The van der Waals surface area contributed by atoms with Crippen LogP contribution in [0.2, 0.25) is 0 Å². The van der Waals surface area contributed by atoms with Crippen molar-refractivity contribution < 1.29 is 0 Å². The van der Waals surface area contributed by atoms with Gasteiger partial charge in [-0.1, -0.05) is 28.1 Å². The van der Waals surface area contributed by atoms with Crippen LogP contribution >= 0.6 is 15.9 Å². The number of nitrogens with zero attached hydrogens (tertiary/aromatic N) is 3. The molecule has 0 aliphatic carbocycles. The fraction of sp³-hybridized carbons (Fsp3) is 0. The van der Waals surface area contributed by atoms with E-state index in [9.17, 15) is 0 Å². The van der Waals surface area contributed by atoms with Crippen molar-refractivity contribution in [2.24, 2.45) is 0 Å². The molecule has 4 nitrogen and oxygen atoms in total. The predicted octanol–water partition coefficient (Wildman–Crippen LogP) is 3.76. The third-order valence-corrected chi connectivity index (χ3v) is 3.59. The highest BCUT2D eigenvalue weighted by Crippen LogP contribution is 2.25. The Morgan fingerprint density at radius 3 is 2.52 bits per heavy atom. The second-order valence-electron chi connectivity index (χ2n) is 4.54. The van der Waals surface area contributed by atoms with E-state index < -0.39 is 0 Å². The monoisotopic (exact) mass is 338 g/mol. The Kier molecular flexibility index (Phi) is 3.46. The van der Waals surface area contributed by atoms with Crippen LogP contribution in [-0.4, -0.2) is 9.78 Å². The average Bonchev–Trinajstić information content (AvgIpc) is 2.89. The van der Waals surface area contributed by atoms with Crippen LogP contribution in [-0.2, 0) is 0 Å². The van der Waals surface area contributed by atoms with E-state index >= 15 is 0 Å². The summed E-state index contributed by atoms with van der Waals surface area (Å²) in [6, 6.07) is 19.0. The molecule has 0 saturated heterocycles. The van der Waals surface area contributed by atoms with Gasteiger partial charge < -0.3 is 5.73 Å². The summed E-state index contributed by atoms with van der Waals surface area (Å²) in [6.45, 7) is 0. The number of aromatic nitrogens is 2. The number of benzene rings is 2. The Hall–Kier alpha value is -2.58. The molecule has 21 heavy (non-hydrogen) atoms. The molecule has 0 atom stereocenters. The van der Waals surface area contributed by atoms with Crippen molar-refractivity contribution in [2.75, 3.05) is 5.73 Å². The Labute approximate surface area is 130 Å². The lowest BCUT2D eigenvalue weighted by molar-refractivity contribution is 0.895. The molecule has 2 N–H and O–H groups in total. The van der Waals surface area contributed by atoms with Gasteiger partial charge in [0, 0.05) is 16.1 Å². The third-order valence-electron chi connectivity index (χ3n) is 3.10. The van der Waals surface area contributed by atoms with Crippen LogP contribution in [0.3, 0.4) is 0 Å². The van der Waals surface area contributed by atoms with E-state index in [4.69, 9.17) is 11.0 Å². The van der Waals surface area contributed by atoms with Crippen LogP contribution in [0, 0.1) is 11.3 Å². The largest absolute Gasteiger partial charge is 0.384 e. The third kappa shape index (κ3) is 2.67. The highest BCUT2D eigenvalue weighted by atomic mass is 79.9. The molecule has 3 aromatic rings.